The van der Waals surface area contributed by atoms with E-state index < -0.39 is 0 Å². The summed E-state index contributed by atoms with van der Waals surface area (Å²) < 4.78 is 1.17. The zero-order valence-corrected chi connectivity index (χ0v) is 9.56. The highest BCUT2D eigenvalue weighted by Gasteiger charge is 1.93. The first-order valence-corrected chi connectivity index (χ1v) is 5.10. The minimum Gasteiger partial charge on any atom is -0.316 e. The Morgan fingerprint density at radius 1 is 1.46 bits per heavy atom. The van der Waals surface area contributed by atoms with Gasteiger partial charge in [0.05, 0.1) is 0 Å². The van der Waals surface area contributed by atoms with E-state index in [1.807, 2.05) is 7.05 Å². The lowest BCUT2D eigenvalue weighted by Crippen LogP contribution is -2.03. The van der Waals surface area contributed by atoms with E-state index in [4.69, 9.17) is 0 Å². The Morgan fingerprint density at radius 2 is 2.23 bits per heavy atom. The van der Waals surface area contributed by atoms with Crippen molar-refractivity contribution in [2.45, 2.75) is 6.92 Å². The van der Waals surface area contributed by atoms with E-state index in [0.717, 1.165) is 6.54 Å². The van der Waals surface area contributed by atoms with Crippen LogP contribution in [0.1, 0.15) is 11.1 Å². The predicted molar refractivity (Wildman–Crippen MR) is 61.8 cm³/mol. The van der Waals surface area contributed by atoms with Crippen molar-refractivity contribution in [1.29, 1.82) is 0 Å². The van der Waals surface area contributed by atoms with Crippen LogP contribution in [0.4, 0.5) is 0 Å². The van der Waals surface area contributed by atoms with Crippen LogP contribution in [0.15, 0.2) is 28.7 Å². The summed E-state index contributed by atoms with van der Waals surface area (Å²) in [6, 6.07) is 6.34. The van der Waals surface area contributed by atoms with Gasteiger partial charge in [-0.25, -0.2) is 0 Å². The molecule has 0 aliphatic carbocycles. The fourth-order valence-corrected chi connectivity index (χ4v) is 1.33. The van der Waals surface area contributed by atoms with Crippen LogP contribution in [-0.2, 0) is 0 Å². The average Bonchev–Trinajstić information content (AvgIpc) is 2.12. The van der Waals surface area contributed by atoms with E-state index in [0.29, 0.717) is 0 Å². The fourth-order valence-electron chi connectivity index (χ4n) is 1.08. The Morgan fingerprint density at radius 3 is 2.85 bits per heavy atom. The maximum absolute atomic E-state index is 3.47. The number of nitrogens with one attached hydrogen (secondary N) is 1. The lowest BCUT2D eigenvalue weighted by molar-refractivity contribution is 0.922. The molecule has 0 heterocycles. The van der Waals surface area contributed by atoms with Gasteiger partial charge < -0.3 is 5.32 Å². The summed E-state index contributed by atoms with van der Waals surface area (Å²) in [4.78, 5) is 0. The second kappa shape index (κ2) is 5.20. The molecule has 0 aliphatic heterocycles. The maximum Gasteiger partial charge on any atom is 0.0204 e. The summed E-state index contributed by atoms with van der Waals surface area (Å²) in [5.74, 6) is 0. The van der Waals surface area contributed by atoms with Crippen molar-refractivity contribution in [3.63, 3.8) is 0 Å². The van der Waals surface area contributed by atoms with Gasteiger partial charge in [0.15, 0.2) is 0 Å². The van der Waals surface area contributed by atoms with Gasteiger partial charge in [-0.1, -0.05) is 40.2 Å². The van der Waals surface area contributed by atoms with E-state index in [2.05, 4.69) is 58.5 Å². The highest BCUT2D eigenvalue weighted by molar-refractivity contribution is 9.10. The second-order valence-electron chi connectivity index (χ2n) is 2.97. The molecule has 1 nitrogen and oxygen atoms in total. The van der Waals surface area contributed by atoms with Gasteiger partial charge in [-0.3, -0.25) is 0 Å². The first-order valence-electron chi connectivity index (χ1n) is 4.31. The molecule has 1 N–H and O–H groups in total. The molecule has 0 aromatic heterocycles. The van der Waals surface area contributed by atoms with Crippen LogP contribution >= 0.6 is 15.9 Å². The van der Waals surface area contributed by atoms with Crippen LogP contribution in [0.2, 0.25) is 0 Å². The molecule has 0 aliphatic rings. The zero-order chi connectivity index (χ0) is 9.68. The van der Waals surface area contributed by atoms with E-state index >= 15 is 0 Å². The van der Waals surface area contributed by atoms with Gasteiger partial charge in [-0.15, -0.1) is 0 Å². The minimum absolute atomic E-state index is 0.912. The van der Waals surface area contributed by atoms with Crippen LogP contribution in [0, 0.1) is 6.92 Å². The van der Waals surface area contributed by atoms with Gasteiger partial charge in [0, 0.05) is 11.0 Å². The molecule has 0 radical (unpaired) electrons. The van der Waals surface area contributed by atoms with E-state index in [1.54, 1.807) is 0 Å². The van der Waals surface area contributed by atoms with Crippen LogP contribution in [0.5, 0.6) is 0 Å². The third kappa shape index (κ3) is 3.33. The van der Waals surface area contributed by atoms with E-state index in [1.165, 1.54) is 15.6 Å². The molecule has 1 aromatic carbocycles. The molecule has 0 fully saturated rings. The largest absolute Gasteiger partial charge is 0.316 e. The number of hydrogen-bond acceptors (Lipinski definition) is 1. The number of benzene rings is 1. The van der Waals surface area contributed by atoms with E-state index in [-0.39, 0.29) is 0 Å². The smallest absolute Gasteiger partial charge is 0.0204 e. The predicted octanol–water partition coefficient (Wildman–Crippen LogP) is 2.99. The van der Waals surface area contributed by atoms with Crippen LogP contribution in [0.3, 0.4) is 0 Å². The summed E-state index contributed by atoms with van der Waals surface area (Å²) in [5.41, 5.74) is 2.52. The second-order valence-corrected chi connectivity index (χ2v) is 3.82. The Kier molecular flexibility index (Phi) is 4.19. The van der Waals surface area contributed by atoms with Crippen molar-refractivity contribution in [1.82, 2.24) is 5.32 Å². The summed E-state index contributed by atoms with van der Waals surface area (Å²) in [6.45, 7) is 3.01. The summed E-state index contributed by atoms with van der Waals surface area (Å²) in [7, 11) is 1.94. The third-order valence-corrected chi connectivity index (χ3v) is 2.70. The van der Waals surface area contributed by atoms with Gasteiger partial charge in [-0.05, 0) is 31.2 Å². The zero-order valence-electron chi connectivity index (χ0n) is 7.97. The summed E-state index contributed by atoms with van der Waals surface area (Å²) in [6.07, 6.45) is 4.23. The highest BCUT2D eigenvalue weighted by atomic mass is 79.9. The number of likely N-dealkylation sites (N-methyl/N-ethyl adjacent to an activating group) is 1. The normalized spacial score (nSPS) is 11.0. The first-order chi connectivity index (χ1) is 6.24. The van der Waals surface area contributed by atoms with Crippen LogP contribution < -0.4 is 5.32 Å². The molecule has 0 amide bonds. The molecule has 0 bridgehead atoms. The molecule has 13 heavy (non-hydrogen) atoms. The van der Waals surface area contributed by atoms with Crippen molar-refractivity contribution in [3.8, 4) is 0 Å². The van der Waals surface area contributed by atoms with Crippen LogP contribution in [0.25, 0.3) is 6.08 Å². The molecule has 0 spiro atoms. The number of aryl methyl sites for hydroxylation is 1. The molecule has 2 heteroatoms. The molecule has 0 saturated heterocycles. The van der Waals surface area contributed by atoms with E-state index in [9.17, 15) is 0 Å². The number of halogens is 1. The van der Waals surface area contributed by atoms with Gasteiger partial charge in [0.25, 0.3) is 0 Å². The average molecular weight is 240 g/mol. The Bertz CT molecular complexity index is 305. The van der Waals surface area contributed by atoms with Crippen molar-refractivity contribution >= 4 is 22.0 Å². The van der Waals surface area contributed by atoms with Gasteiger partial charge in [0.1, 0.15) is 0 Å². The quantitative estimate of drug-likeness (QED) is 0.856. The lowest BCUT2D eigenvalue weighted by Gasteiger charge is -1.99. The molecule has 0 saturated carbocycles. The Balaban J connectivity index is 2.73. The van der Waals surface area contributed by atoms with Crippen molar-refractivity contribution in [2.24, 2.45) is 0 Å². The van der Waals surface area contributed by atoms with Gasteiger partial charge >= 0.3 is 0 Å². The maximum atomic E-state index is 3.47. The summed E-state index contributed by atoms with van der Waals surface area (Å²) >= 11 is 3.47. The van der Waals surface area contributed by atoms with Gasteiger partial charge in [0.2, 0.25) is 0 Å². The monoisotopic (exact) mass is 239 g/mol. The standard InChI is InChI=1S/C11H14BrN/c1-9-8-10(4-3-7-13-2)5-6-11(9)12/h3-6,8,13H,7H2,1-2H3. The SMILES string of the molecule is CNCC=Cc1ccc(Br)c(C)c1. The van der Waals surface area contributed by atoms with Crippen molar-refractivity contribution in [2.75, 3.05) is 13.6 Å². The molecule has 0 unspecified atom stereocenters. The highest BCUT2D eigenvalue weighted by Crippen LogP contribution is 2.17. The molecular formula is C11H14BrN. The minimum atomic E-state index is 0.912. The van der Waals surface area contributed by atoms with Crippen molar-refractivity contribution < 1.29 is 0 Å². The molecular weight excluding hydrogens is 226 g/mol. The Hall–Kier alpha value is -0.600. The molecule has 1 rings (SSSR count). The molecule has 0 atom stereocenters. The number of hydrogen-bond donors (Lipinski definition) is 1. The van der Waals surface area contributed by atoms with Crippen LogP contribution in [-0.4, -0.2) is 13.6 Å². The summed E-state index contributed by atoms with van der Waals surface area (Å²) in [5, 5.41) is 3.07. The number of rotatable bonds is 3. The lowest BCUT2D eigenvalue weighted by atomic mass is 10.1. The third-order valence-electron chi connectivity index (χ3n) is 1.81. The van der Waals surface area contributed by atoms with Crippen molar-refractivity contribution in [3.05, 3.63) is 39.9 Å². The topological polar surface area (TPSA) is 12.0 Å². The first kappa shape index (κ1) is 10.5. The Labute approximate surface area is 88.0 Å². The fraction of sp³-hybridized carbons (Fsp3) is 0.273. The molecule has 1 aromatic rings. The molecule has 70 valence electrons. The van der Waals surface area contributed by atoms with Gasteiger partial charge in [-0.2, -0.15) is 0 Å².